The molecule has 0 fully saturated rings. The number of hydrogen-bond acceptors (Lipinski definition) is 5. The number of carbonyl (C=O) groups is 2. The highest BCUT2D eigenvalue weighted by molar-refractivity contribution is 6.32. The highest BCUT2D eigenvalue weighted by Crippen LogP contribution is 2.29. The third-order valence-electron chi connectivity index (χ3n) is 3.21. The molecule has 0 saturated heterocycles. The van der Waals surface area contributed by atoms with Crippen LogP contribution in [0.4, 0.5) is 4.39 Å². The lowest BCUT2D eigenvalue weighted by molar-refractivity contribution is -0.140. The minimum atomic E-state index is -0.792. The topological polar surface area (TPSA) is 61.8 Å². The number of rotatable bonds is 6. The molecule has 0 aliphatic heterocycles. The molecule has 5 nitrogen and oxygen atoms in total. The first-order valence-corrected chi connectivity index (χ1v) is 7.78. The summed E-state index contributed by atoms with van der Waals surface area (Å²) in [5, 5.41) is -0.0274. The van der Waals surface area contributed by atoms with E-state index in [4.69, 9.17) is 25.8 Å². The molecule has 0 unspecified atom stereocenters. The molecule has 0 N–H and O–H groups in total. The lowest BCUT2D eigenvalue weighted by Crippen LogP contribution is -2.15. The molecule has 2 aromatic rings. The maximum atomic E-state index is 13.6. The maximum absolute atomic E-state index is 13.6. The van der Waals surface area contributed by atoms with Crippen molar-refractivity contribution in [2.45, 2.75) is 19.8 Å². The average molecular weight is 367 g/mol. The highest BCUT2D eigenvalue weighted by atomic mass is 35.5. The minimum Gasteiger partial charge on any atom is -0.493 e. The van der Waals surface area contributed by atoms with Gasteiger partial charge in [-0.15, -0.1) is 0 Å². The van der Waals surface area contributed by atoms with E-state index in [0.717, 1.165) is 11.6 Å². The van der Waals surface area contributed by atoms with Crippen molar-refractivity contribution in [2.75, 3.05) is 7.11 Å². The van der Waals surface area contributed by atoms with Gasteiger partial charge in [-0.2, -0.15) is 0 Å². The predicted octanol–water partition coefficient (Wildman–Crippen LogP) is 4.09. The molecule has 0 atom stereocenters. The molecule has 25 heavy (non-hydrogen) atoms. The lowest BCUT2D eigenvalue weighted by Gasteiger charge is -2.10. The van der Waals surface area contributed by atoms with E-state index in [9.17, 15) is 14.0 Å². The second-order valence-electron chi connectivity index (χ2n) is 5.15. The van der Waals surface area contributed by atoms with Crippen molar-refractivity contribution in [1.29, 1.82) is 0 Å². The summed E-state index contributed by atoms with van der Waals surface area (Å²) in [6.07, 6.45) is -0.514. The number of carbonyl (C=O) groups excluding carboxylic acids is 2. The number of hydrogen-bond donors (Lipinski definition) is 0. The molecule has 0 amide bonds. The number of aryl methyl sites for hydroxylation is 1. The van der Waals surface area contributed by atoms with Gasteiger partial charge in [-0.1, -0.05) is 23.7 Å². The van der Waals surface area contributed by atoms with E-state index in [1.165, 1.54) is 19.2 Å². The highest BCUT2D eigenvalue weighted by Gasteiger charge is 2.16. The lowest BCUT2D eigenvalue weighted by atomic mass is 10.2. The van der Waals surface area contributed by atoms with Crippen molar-refractivity contribution in [3.05, 3.63) is 52.8 Å². The van der Waals surface area contributed by atoms with Crippen LogP contribution in [0.15, 0.2) is 36.4 Å². The van der Waals surface area contributed by atoms with Crippen molar-refractivity contribution >= 4 is 23.5 Å². The van der Waals surface area contributed by atoms with E-state index >= 15 is 0 Å². The smallest absolute Gasteiger partial charge is 0.311 e. The summed E-state index contributed by atoms with van der Waals surface area (Å²) in [7, 11) is 1.46. The summed E-state index contributed by atoms with van der Waals surface area (Å²) >= 11 is 5.77. The Hall–Kier alpha value is -2.60. The second kappa shape index (κ2) is 8.48. The van der Waals surface area contributed by atoms with Gasteiger partial charge in [-0.3, -0.25) is 9.59 Å². The van der Waals surface area contributed by atoms with Gasteiger partial charge in [0.15, 0.2) is 23.1 Å². The summed E-state index contributed by atoms with van der Waals surface area (Å²) in [5.74, 6) is -1.88. The Morgan fingerprint density at radius 1 is 1.04 bits per heavy atom. The molecular formula is C18H16ClFO5. The van der Waals surface area contributed by atoms with Gasteiger partial charge < -0.3 is 14.2 Å². The average Bonchev–Trinajstić information content (AvgIpc) is 2.57. The SMILES string of the molecule is COc1ccc(C)cc1OC(=O)CCC(=O)Oc1c(F)cccc1Cl. The van der Waals surface area contributed by atoms with E-state index in [2.05, 4.69) is 0 Å². The Bertz CT molecular complexity index is 771. The van der Waals surface area contributed by atoms with E-state index < -0.39 is 17.8 Å². The number of ether oxygens (including phenoxy) is 3. The molecule has 0 heterocycles. The van der Waals surface area contributed by atoms with Gasteiger partial charge in [-0.25, -0.2) is 4.39 Å². The van der Waals surface area contributed by atoms with Crippen LogP contribution < -0.4 is 14.2 Å². The molecule has 0 aromatic heterocycles. The van der Waals surface area contributed by atoms with Crippen molar-refractivity contribution in [1.82, 2.24) is 0 Å². The maximum Gasteiger partial charge on any atom is 0.311 e. The van der Waals surface area contributed by atoms with E-state index in [0.29, 0.717) is 5.75 Å². The van der Waals surface area contributed by atoms with E-state index in [1.54, 1.807) is 12.1 Å². The van der Waals surface area contributed by atoms with Crippen LogP contribution in [0.25, 0.3) is 0 Å². The first-order valence-electron chi connectivity index (χ1n) is 7.40. The Labute approximate surface area is 149 Å². The molecule has 0 radical (unpaired) electrons. The first kappa shape index (κ1) is 18.7. The summed E-state index contributed by atoms with van der Waals surface area (Å²) in [6, 6.07) is 9.03. The van der Waals surface area contributed by atoms with Crippen LogP contribution in [0.1, 0.15) is 18.4 Å². The molecule has 7 heteroatoms. The molecular weight excluding hydrogens is 351 g/mol. The van der Waals surface area contributed by atoms with Gasteiger partial charge in [-0.05, 0) is 36.8 Å². The third-order valence-corrected chi connectivity index (χ3v) is 3.51. The van der Waals surface area contributed by atoms with Gasteiger partial charge in [0.2, 0.25) is 0 Å². The van der Waals surface area contributed by atoms with Crippen molar-refractivity contribution < 1.29 is 28.2 Å². The van der Waals surface area contributed by atoms with Crippen LogP contribution in [0.2, 0.25) is 5.02 Å². The number of halogens is 2. The zero-order valence-electron chi connectivity index (χ0n) is 13.7. The van der Waals surface area contributed by atoms with Gasteiger partial charge in [0.05, 0.1) is 25.0 Å². The molecule has 0 aliphatic rings. The van der Waals surface area contributed by atoms with Crippen molar-refractivity contribution in [3.63, 3.8) is 0 Å². The largest absolute Gasteiger partial charge is 0.493 e. The zero-order chi connectivity index (χ0) is 18.4. The molecule has 0 spiro atoms. The van der Waals surface area contributed by atoms with Crippen molar-refractivity contribution in [3.8, 4) is 17.2 Å². The fourth-order valence-corrected chi connectivity index (χ4v) is 2.19. The van der Waals surface area contributed by atoms with Crippen LogP contribution in [0.3, 0.4) is 0 Å². The van der Waals surface area contributed by atoms with Gasteiger partial charge in [0.25, 0.3) is 0 Å². The molecule has 0 bridgehead atoms. The summed E-state index contributed by atoms with van der Waals surface area (Å²) in [4.78, 5) is 23.7. The minimum absolute atomic E-state index is 0.0274. The van der Waals surface area contributed by atoms with Crippen LogP contribution in [-0.4, -0.2) is 19.0 Å². The molecule has 2 aromatic carbocycles. The monoisotopic (exact) mass is 366 g/mol. The first-order chi connectivity index (χ1) is 11.9. The fourth-order valence-electron chi connectivity index (χ4n) is 1.99. The molecule has 2 rings (SSSR count). The number of methoxy groups -OCH3 is 1. The van der Waals surface area contributed by atoms with Crippen LogP contribution in [0.5, 0.6) is 17.2 Å². The third kappa shape index (κ3) is 5.19. The molecule has 0 aliphatic carbocycles. The summed E-state index contributed by atoms with van der Waals surface area (Å²) in [5.41, 5.74) is 0.886. The standard InChI is InChI=1S/C18H16ClFO5/c1-11-6-7-14(23-2)15(10-11)24-16(21)8-9-17(22)25-18-12(19)4-3-5-13(18)20/h3-7,10H,8-9H2,1-2H3. The second-order valence-corrected chi connectivity index (χ2v) is 5.56. The predicted molar refractivity (Wildman–Crippen MR) is 89.6 cm³/mol. The van der Waals surface area contributed by atoms with Crippen LogP contribution in [0, 0.1) is 12.7 Å². The number of benzene rings is 2. The van der Waals surface area contributed by atoms with Crippen LogP contribution in [-0.2, 0) is 9.59 Å². The van der Waals surface area contributed by atoms with E-state index in [1.807, 2.05) is 13.0 Å². The number of para-hydroxylation sites is 1. The molecule has 0 saturated carbocycles. The van der Waals surface area contributed by atoms with Crippen LogP contribution >= 0.6 is 11.6 Å². The zero-order valence-corrected chi connectivity index (χ0v) is 14.4. The number of esters is 2. The van der Waals surface area contributed by atoms with Gasteiger partial charge >= 0.3 is 11.9 Å². The quantitative estimate of drug-likeness (QED) is 0.569. The Kier molecular flexibility index (Phi) is 6.36. The fraction of sp³-hybridized carbons (Fsp3) is 0.222. The van der Waals surface area contributed by atoms with Gasteiger partial charge in [0.1, 0.15) is 0 Å². The molecule has 132 valence electrons. The van der Waals surface area contributed by atoms with Crippen molar-refractivity contribution in [2.24, 2.45) is 0 Å². The summed E-state index contributed by atoms with van der Waals surface area (Å²) in [6.45, 7) is 1.84. The van der Waals surface area contributed by atoms with E-state index in [-0.39, 0.29) is 29.4 Å². The Balaban J connectivity index is 1.92. The normalized spacial score (nSPS) is 10.2. The Morgan fingerprint density at radius 3 is 2.36 bits per heavy atom. The van der Waals surface area contributed by atoms with Gasteiger partial charge in [0, 0.05) is 0 Å². The summed E-state index contributed by atoms with van der Waals surface area (Å²) < 4.78 is 28.7. The Morgan fingerprint density at radius 2 is 1.72 bits per heavy atom.